The summed E-state index contributed by atoms with van der Waals surface area (Å²) in [6.07, 6.45) is 16.3. The monoisotopic (exact) mass is 463 g/mol. The Labute approximate surface area is 202 Å². The quantitative estimate of drug-likeness (QED) is 0.508. The second kappa shape index (κ2) is 8.95. The van der Waals surface area contributed by atoms with Crippen LogP contribution in [0.1, 0.15) is 64.4 Å². The summed E-state index contributed by atoms with van der Waals surface area (Å²) in [7, 11) is 0. The lowest BCUT2D eigenvalue weighted by Gasteiger charge is -2.57. The molecule has 0 bridgehead atoms. The van der Waals surface area contributed by atoms with Gasteiger partial charge < -0.3 is 15.8 Å². The first-order chi connectivity index (χ1) is 16.3. The molecule has 6 heteroatoms. The molecular weight excluding hydrogens is 426 g/mol. The lowest BCUT2D eigenvalue weighted by Crippen LogP contribution is -2.50. The van der Waals surface area contributed by atoms with Gasteiger partial charge in [-0.05, 0) is 84.3 Å². The third-order valence-electron chi connectivity index (χ3n) is 9.53. The predicted molar refractivity (Wildman–Crippen MR) is 131 cm³/mol. The van der Waals surface area contributed by atoms with Crippen LogP contribution in [0.5, 0.6) is 0 Å². The van der Waals surface area contributed by atoms with E-state index in [1.807, 2.05) is 18.5 Å². The summed E-state index contributed by atoms with van der Waals surface area (Å²) < 4.78 is 5.72. The van der Waals surface area contributed by atoms with Crippen LogP contribution in [0.3, 0.4) is 0 Å². The number of carbonyl (C=O) groups is 2. The Bertz CT molecular complexity index is 1020. The molecule has 1 heterocycles. The molecule has 4 aliphatic rings. The lowest BCUT2D eigenvalue weighted by molar-refractivity contribution is -0.151. The van der Waals surface area contributed by atoms with E-state index in [4.69, 9.17) is 10.5 Å². The summed E-state index contributed by atoms with van der Waals surface area (Å²) in [6, 6.07) is 4.26. The maximum absolute atomic E-state index is 12.2. The molecule has 0 saturated heterocycles. The van der Waals surface area contributed by atoms with Crippen molar-refractivity contribution in [2.45, 2.75) is 64.9 Å². The Kier molecular flexibility index (Phi) is 6.13. The van der Waals surface area contributed by atoms with Crippen LogP contribution in [-0.4, -0.2) is 36.1 Å². The molecule has 3 N–H and O–H groups in total. The summed E-state index contributed by atoms with van der Waals surface area (Å²) in [5.74, 6) is 1.35. The molecule has 0 spiro atoms. The number of amides is 1. The van der Waals surface area contributed by atoms with Crippen molar-refractivity contribution in [3.05, 3.63) is 47.8 Å². The fourth-order valence-corrected chi connectivity index (χ4v) is 7.74. The summed E-state index contributed by atoms with van der Waals surface area (Å²) in [5, 5.41) is 2.50. The van der Waals surface area contributed by atoms with Gasteiger partial charge in [-0.15, -0.1) is 0 Å². The topological polar surface area (TPSA) is 94.3 Å². The molecule has 0 aromatic carbocycles. The van der Waals surface area contributed by atoms with Gasteiger partial charge in [-0.25, -0.2) is 0 Å². The van der Waals surface area contributed by atoms with Gasteiger partial charge in [-0.3, -0.25) is 14.6 Å². The minimum absolute atomic E-state index is 0.0997. The zero-order valence-electron chi connectivity index (χ0n) is 20.4. The smallest absolute Gasteiger partial charge is 0.325 e. The Balaban J connectivity index is 1.28. The van der Waals surface area contributed by atoms with E-state index in [9.17, 15) is 9.59 Å². The molecule has 1 aromatic rings. The summed E-state index contributed by atoms with van der Waals surface area (Å²) >= 11 is 0. The van der Waals surface area contributed by atoms with Crippen LogP contribution in [0.15, 0.2) is 42.3 Å². The standard InChI is InChI=1S/C28H37N3O3/c1-27-11-9-20(34-26(33)17-31-25(32)15-29)14-19(27)5-6-21-23-8-7-22(18-4-3-13-30-16-18)28(23,2)12-10-24(21)27/h3-5,7,13,16,20-21,23-24H,6,8-12,14-15,17,29H2,1-2H3,(H,31,32)/t20-,21-,23-,24-,27-,28+/m0/s1. The zero-order valence-corrected chi connectivity index (χ0v) is 20.4. The number of nitrogens with zero attached hydrogens (tertiary/aromatic N) is 1. The van der Waals surface area contributed by atoms with Crippen molar-refractivity contribution >= 4 is 17.4 Å². The van der Waals surface area contributed by atoms with Gasteiger partial charge >= 0.3 is 5.97 Å². The van der Waals surface area contributed by atoms with Gasteiger partial charge in [0, 0.05) is 18.8 Å². The summed E-state index contributed by atoms with van der Waals surface area (Å²) in [5.41, 5.74) is 9.97. The van der Waals surface area contributed by atoms with E-state index >= 15 is 0 Å². The highest BCUT2D eigenvalue weighted by Crippen LogP contribution is 2.66. The number of pyridine rings is 1. The van der Waals surface area contributed by atoms with Gasteiger partial charge in [0.25, 0.3) is 0 Å². The van der Waals surface area contributed by atoms with Crippen LogP contribution in [0.4, 0.5) is 0 Å². The zero-order chi connectivity index (χ0) is 23.9. The van der Waals surface area contributed by atoms with Crippen molar-refractivity contribution in [2.75, 3.05) is 13.1 Å². The van der Waals surface area contributed by atoms with E-state index in [1.54, 1.807) is 0 Å². The number of hydrogen-bond donors (Lipinski definition) is 2. The molecule has 0 radical (unpaired) electrons. The Hall–Kier alpha value is -2.47. The van der Waals surface area contributed by atoms with Crippen LogP contribution in [0.25, 0.3) is 5.57 Å². The Morgan fingerprint density at radius 1 is 1.15 bits per heavy atom. The van der Waals surface area contributed by atoms with E-state index in [0.717, 1.165) is 32.1 Å². The van der Waals surface area contributed by atoms with Gasteiger partial charge in [0.1, 0.15) is 12.6 Å². The number of carbonyl (C=O) groups excluding carboxylic acids is 2. The van der Waals surface area contributed by atoms with Gasteiger partial charge in [0.05, 0.1) is 6.54 Å². The Morgan fingerprint density at radius 2 is 1.97 bits per heavy atom. The minimum Gasteiger partial charge on any atom is -0.461 e. The first kappa shape index (κ1) is 23.3. The van der Waals surface area contributed by atoms with Crippen LogP contribution in [0, 0.1) is 28.6 Å². The van der Waals surface area contributed by atoms with Crippen molar-refractivity contribution < 1.29 is 14.3 Å². The Morgan fingerprint density at radius 3 is 2.74 bits per heavy atom. The van der Waals surface area contributed by atoms with Gasteiger partial charge in [-0.2, -0.15) is 0 Å². The molecule has 6 nitrogen and oxygen atoms in total. The number of esters is 1. The molecule has 4 aliphatic carbocycles. The highest BCUT2D eigenvalue weighted by Gasteiger charge is 2.57. The fourth-order valence-electron chi connectivity index (χ4n) is 7.74. The van der Waals surface area contributed by atoms with Crippen molar-refractivity contribution in [1.29, 1.82) is 0 Å². The van der Waals surface area contributed by atoms with Crippen molar-refractivity contribution in [3.8, 4) is 0 Å². The van der Waals surface area contributed by atoms with Crippen molar-refractivity contribution in [1.82, 2.24) is 10.3 Å². The first-order valence-electron chi connectivity index (χ1n) is 12.8. The van der Waals surface area contributed by atoms with E-state index in [-0.39, 0.29) is 41.9 Å². The number of rotatable bonds is 5. The molecule has 182 valence electrons. The van der Waals surface area contributed by atoms with E-state index in [2.05, 4.69) is 42.4 Å². The van der Waals surface area contributed by atoms with Crippen LogP contribution >= 0.6 is 0 Å². The minimum atomic E-state index is -0.377. The van der Waals surface area contributed by atoms with Gasteiger partial charge in [0.15, 0.2) is 0 Å². The largest absolute Gasteiger partial charge is 0.461 e. The molecule has 1 amide bonds. The SMILES string of the molecule is C[C@]12CC[C@H](OC(=O)CNC(=O)CN)CC1=CC[C@@H]1[C@@H]2CC[C@]2(C)C(c3cccnc3)=CC[C@@H]12. The molecule has 34 heavy (non-hydrogen) atoms. The molecule has 5 rings (SSSR count). The first-order valence-corrected chi connectivity index (χ1v) is 12.8. The third-order valence-corrected chi connectivity index (χ3v) is 9.53. The number of ether oxygens (including phenoxy) is 1. The second-order valence-corrected chi connectivity index (χ2v) is 11.1. The normalized spacial score (nSPS) is 36.3. The highest BCUT2D eigenvalue weighted by atomic mass is 16.5. The van der Waals surface area contributed by atoms with E-state index in [1.165, 1.54) is 29.6 Å². The average Bonchev–Trinajstić information content (AvgIpc) is 3.20. The number of hydrogen-bond acceptors (Lipinski definition) is 5. The van der Waals surface area contributed by atoms with Gasteiger partial charge in [-0.1, -0.05) is 37.6 Å². The maximum Gasteiger partial charge on any atom is 0.325 e. The number of fused-ring (bicyclic) bond motifs is 5. The van der Waals surface area contributed by atoms with E-state index < -0.39 is 0 Å². The number of nitrogens with two attached hydrogens (primary N) is 1. The molecule has 2 saturated carbocycles. The highest BCUT2D eigenvalue weighted by molar-refractivity contribution is 5.83. The molecule has 2 fully saturated rings. The summed E-state index contributed by atoms with van der Waals surface area (Å²) in [4.78, 5) is 27.9. The molecule has 0 unspecified atom stereocenters. The number of aromatic nitrogens is 1. The predicted octanol–water partition coefficient (Wildman–Crippen LogP) is 4.02. The van der Waals surface area contributed by atoms with Gasteiger partial charge in [0.2, 0.25) is 5.91 Å². The van der Waals surface area contributed by atoms with Crippen molar-refractivity contribution in [3.63, 3.8) is 0 Å². The molecule has 6 atom stereocenters. The van der Waals surface area contributed by atoms with Crippen LogP contribution < -0.4 is 11.1 Å². The number of allylic oxidation sites excluding steroid dienone is 3. The maximum atomic E-state index is 12.2. The number of nitrogens with one attached hydrogen (secondary N) is 1. The third kappa shape index (κ3) is 3.90. The lowest BCUT2D eigenvalue weighted by atomic mass is 9.47. The van der Waals surface area contributed by atoms with E-state index in [0.29, 0.717) is 17.8 Å². The molecular formula is C28H37N3O3. The van der Waals surface area contributed by atoms with Crippen molar-refractivity contribution in [2.24, 2.45) is 34.3 Å². The summed E-state index contributed by atoms with van der Waals surface area (Å²) in [6.45, 7) is 4.72. The molecule has 0 aliphatic heterocycles. The van der Waals surface area contributed by atoms with Crippen LogP contribution in [0.2, 0.25) is 0 Å². The second-order valence-electron chi connectivity index (χ2n) is 11.1. The fraction of sp³-hybridized carbons (Fsp3) is 0.607. The average molecular weight is 464 g/mol. The molecule has 1 aromatic heterocycles. The van der Waals surface area contributed by atoms with Crippen LogP contribution in [-0.2, 0) is 14.3 Å².